The van der Waals surface area contributed by atoms with Gasteiger partial charge in [-0.3, -0.25) is 4.79 Å². The van der Waals surface area contributed by atoms with Crippen LogP contribution in [0.15, 0.2) is 24.3 Å². The second-order valence-corrected chi connectivity index (χ2v) is 7.72. The Morgan fingerprint density at radius 2 is 1.67 bits per heavy atom. The van der Waals surface area contributed by atoms with Gasteiger partial charge >= 0.3 is 0 Å². The van der Waals surface area contributed by atoms with Crippen LogP contribution >= 0.6 is 0 Å². The van der Waals surface area contributed by atoms with Crippen LogP contribution in [0.2, 0.25) is 0 Å². The summed E-state index contributed by atoms with van der Waals surface area (Å²) in [6.07, 6.45) is 4.65. The van der Waals surface area contributed by atoms with Gasteiger partial charge in [0.1, 0.15) is 6.23 Å². The molecule has 1 rings (SSSR count). The summed E-state index contributed by atoms with van der Waals surface area (Å²) in [7, 11) is 0. The second kappa shape index (κ2) is 10.5. The molecule has 24 heavy (non-hydrogen) atoms. The molecule has 1 aromatic carbocycles. The van der Waals surface area contributed by atoms with Crippen molar-refractivity contribution in [1.82, 2.24) is 5.32 Å². The summed E-state index contributed by atoms with van der Waals surface area (Å²) >= 11 is 0. The van der Waals surface area contributed by atoms with Crippen molar-refractivity contribution in [3.8, 4) is 0 Å². The lowest BCUT2D eigenvalue weighted by molar-refractivity contribution is -0.124. The first kappa shape index (κ1) is 20.7. The molecule has 0 aliphatic carbocycles. The van der Waals surface area contributed by atoms with Crippen LogP contribution < -0.4 is 5.32 Å². The quantitative estimate of drug-likeness (QED) is 0.613. The lowest BCUT2D eigenvalue weighted by atomic mass is 9.92. The molecule has 2 N–H and O–H groups in total. The molecule has 3 heteroatoms. The van der Waals surface area contributed by atoms with Crippen molar-refractivity contribution in [1.29, 1.82) is 0 Å². The van der Waals surface area contributed by atoms with Gasteiger partial charge in [-0.25, -0.2) is 0 Å². The molecule has 0 bridgehead atoms. The third-order valence-electron chi connectivity index (χ3n) is 4.47. The number of hydrogen-bond acceptors (Lipinski definition) is 2. The topological polar surface area (TPSA) is 49.3 Å². The van der Waals surface area contributed by atoms with Crippen LogP contribution in [0.25, 0.3) is 0 Å². The largest absolute Gasteiger partial charge is 0.374 e. The SMILES string of the molecule is CC(C)CCCC(C)Cc1ccc(C(C)CC(=O)NC(C)O)cc1. The van der Waals surface area contributed by atoms with E-state index in [0.29, 0.717) is 12.3 Å². The average Bonchev–Trinajstić information content (AvgIpc) is 2.46. The molecule has 0 saturated heterocycles. The highest BCUT2D eigenvalue weighted by Crippen LogP contribution is 2.22. The number of hydrogen-bond donors (Lipinski definition) is 2. The molecule has 0 fully saturated rings. The van der Waals surface area contributed by atoms with Crippen LogP contribution in [0.4, 0.5) is 0 Å². The fourth-order valence-electron chi connectivity index (χ4n) is 3.05. The Morgan fingerprint density at radius 3 is 2.21 bits per heavy atom. The molecular weight excluding hydrogens is 298 g/mol. The maximum Gasteiger partial charge on any atom is 0.222 e. The molecule has 0 aliphatic rings. The number of aliphatic hydroxyl groups excluding tert-OH is 1. The van der Waals surface area contributed by atoms with Crippen LogP contribution in [0.3, 0.4) is 0 Å². The second-order valence-electron chi connectivity index (χ2n) is 7.72. The molecule has 136 valence electrons. The fourth-order valence-corrected chi connectivity index (χ4v) is 3.05. The van der Waals surface area contributed by atoms with E-state index in [1.54, 1.807) is 6.92 Å². The van der Waals surface area contributed by atoms with Gasteiger partial charge in [0.25, 0.3) is 0 Å². The molecule has 0 spiro atoms. The minimum atomic E-state index is -0.788. The summed E-state index contributed by atoms with van der Waals surface area (Å²) in [4.78, 5) is 11.7. The molecule has 0 aliphatic heterocycles. The zero-order valence-electron chi connectivity index (χ0n) is 16.0. The van der Waals surface area contributed by atoms with Gasteiger partial charge in [0, 0.05) is 6.42 Å². The minimum absolute atomic E-state index is 0.111. The average molecular weight is 334 g/mol. The molecule has 1 aromatic rings. The zero-order chi connectivity index (χ0) is 18.1. The van der Waals surface area contributed by atoms with Gasteiger partial charge in [-0.2, -0.15) is 0 Å². The van der Waals surface area contributed by atoms with E-state index in [-0.39, 0.29) is 11.8 Å². The van der Waals surface area contributed by atoms with Gasteiger partial charge in [-0.15, -0.1) is 0 Å². The standard InChI is InChI=1S/C21H35NO2/c1-15(2)7-6-8-16(3)13-19-9-11-20(12-10-19)17(4)14-21(24)22-18(5)23/h9-12,15-18,23H,6-8,13-14H2,1-5H3,(H,22,24). The van der Waals surface area contributed by atoms with Crippen LogP contribution in [-0.2, 0) is 11.2 Å². The monoisotopic (exact) mass is 333 g/mol. The number of aliphatic hydroxyl groups is 1. The maximum absolute atomic E-state index is 11.7. The Kier molecular flexibility index (Phi) is 9.05. The van der Waals surface area contributed by atoms with Crippen LogP contribution in [-0.4, -0.2) is 17.2 Å². The number of amides is 1. The van der Waals surface area contributed by atoms with Crippen molar-refractivity contribution in [2.45, 2.75) is 78.9 Å². The van der Waals surface area contributed by atoms with Crippen molar-refractivity contribution >= 4 is 5.91 Å². The predicted molar refractivity (Wildman–Crippen MR) is 101 cm³/mol. The lowest BCUT2D eigenvalue weighted by Crippen LogP contribution is -2.32. The summed E-state index contributed by atoms with van der Waals surface area (Å²) < 4.78 is 0. The Morgan fingerprint density at radius 1 is 1.04 bits per heavy atom. The maximum atomic E-state index is 11.7. The van der Waals surface area contributed by atoms with E-state index in [0.717, 1.165) is 12.3 Å². The van der Waals surface area contributed by atoms with Crippen molar-refractivity contribution in [2.75, 3.05) is 0 Å². The molecular formula is C21H35NO2. The van der Waals surface area contributed by atoms with Crippen LogP contribution in [0.1, 0.15) is 77.3 Å². The zero-order valence-corrected chi connectivity index (χ0v) is 16.0. The van der Waals surface area contributed by atoms with Gasteiger partial charge in [-0.05, 0) is 42.2 Å². The smallest absolute Gasteiger partial charge is 0.222 e. The lowest BCUT2D eigenvalue weighted by Gasteiger charge is -2.15. The first-order valence-electron chi connectivity index (χ1n) is 9.34. The predicted octanol–water partition coefficient (Wildman–Crippen LogP) is 4.64. The highest BCUT2D eigenvalue weighted by molar-refractivity contribution is 5.76. The van der Waals surface area contributed by atoms with Crippen LogP contribution in [0.5, 0.6) is 0 Å². The normalized spacial score (nSPS) is 15.1. The molecule has 0 radical (unpaired) electrons. The first-order chi connectivity index (χ1) is 11.3. The summed E-state index contributed by atoms with van der Waals surface area (Å²) in [5.41, 5.74) is 2.54. The van der Waals surface area contributed by atoms with Crippen molar-refractivity contribution in [3.05, 3.63) is 35.4 Å². The minimum Gasteiger partial charge on any atom is -0.374 e. The summed E-state index contributed by atoms with van der Waals surface area (Å²) in [6, 6.07) is 8.65. The van der Waals surface area contributed by atoms with Crippen LogP contribution in [0, 0.1) is 11.8 Å². The van der Waals surface area contributed by atoms with Gasteiger partial charge in [0.05, 0.1) is 0 Å². The van der Waals surface area contributed by atoms with E-state index < -0.39 is 6.23 Å². The van der Waals surface area contributed by atoms with Crippen molar-refractivity contribution in [2.24, 2.45) is 11.8 Å². The summed E-state index contributed by atoms with van der Waals surface area (Å²) in [5, 5.41) is 11.7. The van der Waals surface area contributed by atoms with Gasteiger partial charge < -0.3 is 10.4 Å². The number of carbonyl (C=O) groups excluding carboxylic acids is 1. The van der Waals surface area contributed by atoms with E-state index in [1.165, 1.54) is 30.4 Å². The molecule has 3 nitrogen and oxygen atoms in total. The van der Waals surface area contributed by atoms with Crippen molar-refractivity contribution < 1.29 is 9.90 Å². The van der Waals surface area contributed by atoms with Crippen molar-refractivity contribution in [3.63, 3.8) is 0 Å². The van der Waals surface area contributed by atoms with E-state index in [1.807, 2.05) is 6.92 Å². The van der Waals surface area contributed by atoms with E-state index >= 15 is 0 Å². The Bertz CT molecular complexity index is 479. The molecule has 1 amide bonds. The van der Waals surface area contributed by atoms with Gasteiger partial charge in [0.2, 0.25) is 5.91 Å². The third kappa shape index (κ3) is 8.49. The van der Waals surface area contributed by atoms with Gasteiger partial charge in [-0.1, -0.05) is 71.2 Å². The molecule has 0 saturated carbocycles. The number of nitrogens with one attached hydrogen (secondary N) is 1. The molecule has 0 aromatic heterocycles. The summed E-state index contributed by atoms with van der Waals surface area (Å²) in [6.45, 7) is 10.5. The summed E-state index contributed by atoms with van der Waals surface area (Å²) in [5.74, 6) is 1.55. The fraction of sp³-hybridized carbons (Fsp3) is 0.667. The number of carbonyl (C=O) groups is 1. The third-order valence-corrected chi connectivity index (χ3v) is 4.47. The number of benzene rings is 1. The van der Waals surface area contributed by atoms with E-state index in [9.17, 15) is 9.90 Å². The number of rotatable bonds is 10. The molecule has 3 unspecified atom stereocenters. The van der Waals surface area contributed by atoms with E-state index in [2.05, 4.69) is 50.4 Å². The molecule has 0 heterocycles. The highest BCUT2D eigenvalue weighted by atomic mass is 16.3. The highest BCUT2D eigenvalue weighted by Gasteiger charge is 2.12. The molecule has 3 atom stereocenters. The van der Waals surface area contributed by atoms with E-state index in [4.69, 9.17) is 0 Å². The first-order valence-corrected chi connectivity index (χ1v) is 9.34. The Labute approximate surface area is 147 Å². The van der Waals surface area contributed by atoms with Gasteiger partial charge in [0.15, 0.2) is 0 Å². The Balaban J connectivity index is 2.45. The Hall–Kier alpha value is -1.35.